The summed E-state index contributed by atoms with van der Waals surface area (Å²) < 4.78 is 38.3. The van der Waals surface area contributed by atoms with E-state index in [1.807, 2.05) is 4.90 Å². The summed E-state index contributed by atoms with van der Waals surface area (Å²) in [5.41, 5.74) is 5.60. The summed E-state index contributed by atoms with van der Waals surface area (Å²) in [6, 6.07) is 3.42. The van der Waals surface area contributed by atoms with Gasteiger partial charge in [-0.3, -0.25) is 0 Å². The molecule has 2 rings (SSSR count). The second-order valence-electron chi connectivity index (χ2n) is 5.47. The van der Waals surface area contributed by atoms with Gasteiger partial charge in [0.15, 0.2) is 0 Å². The molecule has 0 spiro atoms. The minimum absolute atomic E-state index is 0.0587. The third-order valence-electron chi connectivity index (χ3n) is 3.74. The Balaban J connectivity index is 2.23. The van der Waals surface area contributed by atoms with Gasteiger partial charge in [0.2, 0.25) is 0 Å². The van der Waals surface area contributed by atoms with Crippen LogP contribution in [0.5, 0.6) is 0 Å². The summed E-state index contributed by atoms with van der Waals surface area (Å²) in [5, 5.41) is 9.29. The van der Waals surface area contributed by atoms with Crippen LogP contribution >= 0.6 is 12.2 Å². The topological polar surface area (TPSA) is 49.5 Å². The second kappa shape index (κ2) is 5.81. The van der Waals surface area contributed by atoms with E-state index in [1.54, 1.807) is 7.05 Å². The first-order chi connectivity index (χ1) is 9.68. The first kappa shape index (κ1) is 16.0. The number of nitrogens with zero attached hydrogens (tertiary/aromatic N) is 1. The van der Waals surface area contributed by atoms with Crippen molar-refractivity contribution in [2.75, 3.05) is 18.5 Å². The van der Waals surface area contributed by atoms with Crippen molar-refractivity contribution < 1.29 is 18.3 Å². The molecule has 0 saturated heterocycles. The molecule has 0 atom stereocenters. The van der Waals surface area contributed by atoms with Gasteiger partial charge in [0.05, 0.1) is 11.7 Å². The number of benzene rings is 1. The largest absolute Gasteiger partial charge is 0.416 e. The Morgan fingerprint density at radius 3 is 2.52 bits per heavy atom. The molecule has 0 amide bonds. The lowest BCUT2D eigenvalue weighted by Crippen LogP contribution is -2.37. The van der Waals surface area contributed by atoms with Crippen molar-refractivity contribution in [3.8, 4) is 0 Å². The van der Waals surface area contributed by atoms with Crippen LogP contribution in [0.15, 0.2) is 18.2 Å². The van der Waals surface area contributed by atoms with Gasteiger partial charge in [-0.2, -0.15) is 13.2 Å². The average Bonchev–Trinajstić information content (AvgIpc) is 2.34. The molecule has 0 unspecified atom stereocenters. The number of thiocarbonyl (C=S) groups is 1. The molecule has 7 heteroatoms. The number of alkyl halides is 3. The number of aliphatic hydroxyl groups is 1. The third-order valence-corrected chi connectivity index (χ3v) is 3.96. The average molecular weight is 318 g/mol. The van der Waals surface area contributed by atoms with Crippen LogP contribution in [0.1, 0.15) is 24.0 Å². The molecule has 3 N–H and O–H groups in total. The Hall–Kier alpha value is -1.34. The lowest BCUT2D eigenvalue weighted by molar-refractivity contribution is -0.137. The van der Waals surface area contributed by atoms with E-state index >= 15 is 0 Å². The Labute approximate surface area is 126 Å². The van der Waals surface area contributed by atoms with E-state index in [1.165, 1.54) is 6.07 Å². The molecule has 1 fully saturated rings. The highest BCUT2D eigenvalue weighted by atomic mass is 32.1. The first-order valence-corrected chi connectivity index (χ1v) is 6.99. The van der Waals surface area contributed by atoms with Gasteiger partial charge in [0.1, 0.15) is 4.99 Å². The highest BCUT2D eigenvalue weighted by molar-refractivity contribution is 7.80. The standard InChI is InChI=1S/C14H17F3N2OS/c1-19(7-8-4-10(20)5-8)12-3-2-9(14(15,16)17)6-11(12)13(18)21/h2-3,6,8,10,20H,4-5,7H2,1H3,(H2,18,21). The number of nitrogens with two attached hydrogens (primary N) is 1. The van der Waals surface area contributed by atoms with E-state index in [2.05, 4.69) is 0 Å². The molecule has 1 aromatic carbocycles. The predicted molar refractivity (Wildman–Crippen MR) is 79.3 cm³/mol. The van der Waals surface area contributed by atoms with E-state index < -0.39 is 11.7 Å². The molecule has 0 aliphatic heterocycles. The molecular formula is C14H17F3N2OS. The van der Waals surface area contributed by atoms with E-state index in [0.29, 0.717) is 31.0 Å². The number of halogens is 3. The maximum absolute atomic E-state index is 12.8. The molecule has 0 aromatic heterocycles. The Bertz CT molecular complexity index is 542. The predicted octanol–water partition coefficient (Wildman–Crippen LogP) is 2.55. The van der Waals surface area contributed by atoms with Crippen LogP contribution < -0.4 is 10.6 Å². The van der Waals surface area contributed by atoms with Gasteiger partial charge < -0.3 is 15.7 Å². The fourth-order valence-corrected chi connectivity index (χ4v) is 2.74. The van der Waals surface area contributed by atoms with E-state index in [4.69, 9.17) is 18.0 Å². The minimum Gasteiger partial charge on any atom is -0.393 e. The van der Waals surface area contributed by atoms with Gasteiger partial charge in [-0.25, -0.2) is 0 Å². The zero-order valence-electron chi connectivity index (χ0n) is 11.5. The van der Waals surface area contributed by atoms with Gasteiger partial charge in [-0.05, 0) is 37.0 Å². The van der Waals surface area contributed by atoms with Crippen LogP contribution in [0.4, 0.5) is 18.9 Å². The molecule has 21 heavy (non-hydrogen) atoms. The van der Waals surface area contributed by atoms with Crippen molar-refractivity contribution in [2.45, 2.75) is 25.1 Å². The third kappa shape index (κ3) is 3.65. The smallest absolute Gasteiger partial charge is 0.393 e. The normalized spacial score (nSPS) is 21.8. The van der Waals surface area contributed by atoms with Crippen molar-refractivity contribution in [3.05, 3.63) is 29.3 Å². The number of hydrogen-bond acceptors (Lipinski definition) is 3. The van der Waals surface area contributed by atoms with Crippen LogP contribution in [-0.4, -0.2) is 29.8 Å². The van der Waals surface area contributed by atoms with Crippen LogP contribution in [0.3, 0.4) is 0 Å². The van der Waals surface area contributed by atoms with Gasteiger partial charge in [0.25, 0.3) is 0 Å². The zero-order chi connectivity index (χ0) is 15.8. The maximum Gasteiger partial charge on any atom is 0.416 e. The van der Waals surface area contributed by atoms with E-state index in [0.717, 1.165) is 12.1 Å². The van der Waals surface area contributed by atoms with Crippen LogP contribution in [-0.2, 0) is 6.18 Å². The van der Waals surface area contributed by atoms with E-state index in [9.17, 15) is 18.3 Å². The zero-order valence-corrected chi connectivity index (χ0v) is 12.3. The molecular weight excluding hydrogens is 301 g/mol. The molecule has 116 valence electrons. The van der Waals surface area contributed by atoms with E-state index in [-0.39, 0.29) is 16.7 Å². The van der Waals surface area contributed by atoms with Crippen LogP contribution in [0.25, 0.3) is 0 Å². The summed E-state index contributed by atoms with van der Waals surface area (Å²) >= 11 is 4.87. The minimum atomic E-state index is -4.42. The molecule has 0 heterocycles. The summed E-state index contributed by atoms with van der Waals surface area (Å²) in [4.78, 5) is 1.78. The molecule has 0 bridgehead atoms. The van der Waals surface area contributed by atoms with Gasteiger partial charge >= 0.3 is 6.18 Å². The summed E-state index contributed by atoms with van der Waals surface area (Å²) in [6.45, 7) is 0.651. The van der Waals surface area contributed by atoms with Crippen LogP contribution in [0, 0.1) is 5.92 Å². The SMILES string of the molecule is CN(CC1CC(O)C1)c1ccc(C(F)(F)F)cc1C(N)=S. The highest BCUT2D eigenvalue weighted by Gasteiger charge is 2.32. The maximum atomic E-state index is 12.8. The molecule has 1 aromatic rings. The second-order valence-corrected chi connectivity index (χ2v) is 5.91. The van der Waals surface area contributed by atoms with Crippen molar-refractivity contribution in [1.29, 1.82) is 0 Å². The van der Waals surface area contributed by atoms with Crippen molar-refractivity contribution in [3.63, 3.8) is 0 Å². The fourth-order valence-electron chi connectivity index (χ4n) is 2.58. The highest BCUT2D eigenvalue weighted by Crippen LogP contribution is 2.34. The monoisotopic (exact) mass is 318 g/mol. The molecule has 3 nitrogen and oxygen atoms in total. The first-order valence-electron chi connectivity index (χ1n) is 6.58. The fraction of sp³-hybridized carbons (Fsp3) is 0.500. The summed E-state index contributed by atoms with van der Waals surface area (Å²) in [5.74, 6) is 0.339. The quantitative estimate of drug-likeness (QED) is 0.838. The lowest BCUT2D eigenvalue weighted by atomic mass is 9.82. The Morgan fingerprint density at radius 2 is 2.05 bits per heavy atom. The lowest BCUT2D eigenvalue weighted by Gasteiger charge is -2.35. The van der Waals surface area contributed by atoms with Crippen molar-refractivity contribution in [2.24, 2.45) is 11.7 Å². The number of aliphatic hydroxyl groups excluding tert-OH is 1. The van der Waals surface area contributed by atoms with Crippen molar-refractivity contribution >= 4 is 22.9 Å². The molecule has 1 aliphatic rings. The Morgan fingerprint density at radius 1 is 1.43 bits per heavy atom. The number of hydrogen-bond donors (Lipinski definition) is 2. The molecule has 1 aliphatic carbocycles. The van der Waals surface area contributed by atoms with Gasteiger partial charge in [-0.1, -0.05) is 12.2 Å². The Kier molecular flexibility index (Phi) is 4.43. The van der Waals surface area contributed by atoms with Crippen molar-refractivity contribution in [1.82, 2.24) is 0 Å². The summed E-state index contributed by atoms with van der Waals surface area (Å²) in [7, 11) is 1.79. The number of rotatable bonds is 4. The van der Waals surface area contributed by atoms with Gasteiger partial charge in [0, 0.05) is 24.8 Å². The van der Waals surface area contributed by atoms with Crippen LogP contribution in [0.2, 0.25) is 0 Å². The number of anilines is 1. The molecule has 1 saturated carbocycles. The van der Waals surface area contributed by atoms with Gasteiger partial charge in [-0.15, -0.1) is 0 Å². The molecule has 0 radical (unpaired) electrons. The summed E-state index contributed by atoms with van der Waals surface area (Å²) in [6.07, 6.45) is -3.25.